The number of aromatic nitrogens is 2. The number of halogens is 1. The first-order valence-electron chi connectivity index (χ1n) is 9.54. The Labute approximate surface area is 174 Å². The fraction of sp³-hybridized carbons (Fsp3) is 0.227. The molecule has 1 aromatic heterocycles. The van der Waals surface area contributed by atoms with Crippen molar-refractivity contribution in [3.8, 4) is 5.69 Å². The van der Waals surface area contributed by atoms with E-state index in [1.165, 1.54) is 6.20 Å². The Balaban J connectivity index is 1.48. The summed E-state index contributed by atoms with van der Waals surface area (Å²) in [4.78, 5) is 27.0. The fourth-order valence-corrected chi connectivity index (χ4v) is 3.68. The zero-order valence-corrected chi connectivity index (χ0v) is 16.8. The summed E-state index contributed by atoms with van der Waals surface area (Å²) in [5.41, 5.74) is 3.24. The van der Waals surface area contributed by atoms with E-state index in [2.05, 4.69) is 10.4 Å². The van der Waals surface area contributed by atoms with Crippen LogP contribution in [-0.2, 0) is 0 Å². The zero-order valence-electron chi connectivity index (χ0n) is 16.1. The molecule has 0 bridgehead atoms. The quantitative estimate of drug-likeness (QED) is 0.699. The van der Waals surface area contributed by atoms with Crippen LogP contribution in [0.15, 0.2) is 54.7 Å². The molecule has 1 aliphatic rings. The van der Waals surface area contributed by atoms with Crippen molar-refractivity contribution in [3.05, 3.63) is 76.6 Å². The van der Waals surface area contributed by atoms with Gasteiger partial charge in [-0.1, -0.05) is 17.7 Å². The summed E-state index contributed by atoms with van der Waals surface area (Å²) in [6.07, 6.45) is 3.65. The third kappa shape index (κ3) is 4.03. The minimum atomic E-state index is -0.255. The van der Waals surface area contributed by atoms with E-state index in [9.17, 15) is 9.59 Å². The molecule has 3 aromatic rings. The van der Waals surface area contributed by atoms with Crippen LogP contribution in [0.2, 0.25) is 5.02 Å². The molecule has 148 valence electrons. The molecular formula is C22H21ClN4O2. The van der Waals surface area contributed by atoms with Crippen molar-refractivity contribution in [1.82, 2.24) is 14.7 Å². The predicted molar refractivity (Wildman–Crippen MR) is 113 cm³/mol. The highest BCUT2D eigenvalue weighted by molar-refractivity contribution is 6.30. The van der Waals surface area contributed by atoms with Gasteiger partial charge in [-0.15, -0.1) is 0 Å². The second-order valence-electron chi connectivity index (χ2n) is 7.07. The van der Waals surface area contributed by atoms with Crippen molar-refractivity contribution in [2.45, 2.75) is 19.8 Å². The van der Waals surface area contributed by atoms with Gasteiger partial charge in [0, 0.05) is 29.4 Å². The van der Waals surface area contributed by atoms with Crippen molar-refractivity contribution >= 4 is 29.1 Å². The molecule has 0 unspecified atom stereocenters. The molecular weight excluding hydrogens is 388 g/mol. The van der Waals surface area contributed by atoms with Crippen LogP contribution in [0.5, 0.6) is 0 Å². The molecule has 0 radical (unpaired) electrons. The SMILES string of the molecule is Cc1c(C(=O)Nc2ccc(C(=O)N3CCCC3)cc2)cnn1-c1cccc(Cl)c1. The van der Waals surface area contributed by atoms with E-state index in [4.69, 9.17) is 11.6 Å². The molecule has 29 heavy (non-hydrogen) atoms. The molecule has 0 spiro atoms. The van der Waals surface area contributed by atoms with Crippen LogP contribution in [0, 0.1) is 6.92 Å². The topological polar surface area (TPSA) is 67.2 Å². The molecule has 4 rings (SSSR count). The lowest BCUT2D eigenvalue weighted by atomic mass is 10.1. The van der Waals surface area contributed by atoms with E-state index in [0.29, 0.717) is 27.5 Å². The van der Waals surface area contributed by atoms with Crippen LogP contribution < -0.4 is 5.32 Å². The van der Waals surface area contributed by atoms with Crippen molar-refractivity contribution < 1.29 is 9.59 Å². The molecule has 1 N–H and O–H groups in total. The predicted octanol–water partition coefficient (Wildman–Crippen LogP) is 4.32. The summed E-state index contributed by atoms with van der Waals surface area (Å²) in [6.45, 7) is 3.46. The van der Waals surface area contributed by atoms with Crippen molar-refractivity contribution in [1.29, 1.82) is 0 Å². The number of hydrogen-bond donors (Lipinski definition) is 1. The molecule has 1 fully saturated rings. The largest absolute Gasteiger partial charge is 0.339 e. The molecule has 2 heterocycles. The molecule has 2 amide bonds. The van der Waals surface area contributed by atoms with Crippen molar-refractivity contribution in [3.63, 3.8) is 0 Å². The maximum atomic E-state index is 12.7. The third-order valence-electron chi connectivity index (χ3n) is 5.09. The number of amides is 2. The summed E-state index contributed by atoms with van der Waals surface area (Å²) in [5.74, 6) is -0.214. The number of anilines is 1. The lowest BCUT2D eigenvalue weighted by molar-refractivity contribution is 0.0792. The Hall–Kier alpha value is -3.12. The van der Waals surface area contributed by atoms with Gasteiger partial charge < -0.3 is 10.2 Å². The minimum Gasteiger partial charge on any atom is -0.339 e. The number of carbonyl (C=O) groups is 2. The number of benzene rings is 2. The lowest BCUT2D eigenvalue weighted by Gasteiger charge is -2.15. The Bertz CT molecular complexity index is 1050. The number of likely N-dealkylation sites (tertiary alicyclic amines) is 1. The van der Waals surface area contributed by atoms with E-state index in [1.807, 2.05) is 24.0 Å². The third-order valence-corrected chi connectivity index (χ3v) is 5.33. The van der Waals surface area contributed by atoms with Crippen molar-refractivity contribution in [2.75, 3.05) is 18.4 Å². The van der Waals surface area contributed by atoms with Crippen molar-refractivity contribution in [2.24, 2.45) is 0 Å². The van der Waals surface area contributed by atoms with Crippen LogP contribution in [0.25, 0.3) is 5.69 Å². The molecule has 1 aliphatic heterocycles. The van der Waals surface area contributed by atoms with E-state index in [1.54, 1.807) is 41.1 Å². The number of nitrogens with zero attached hydrogens (tertiary/aromatic N) is 3. The highest BCUT2D eigenvalue weighted by atomic mass is 35.5. The van der Waals surface area contributed by atoms with Crippen LogP contribution in [0.4, 0.5) is 5.69 Å². The van der Waals surface area contributed by atoms with Crippen LogP contribution in [-0.4, -0.2) is 39.6 Å². The Morgan fingerprint density at radius 3 is 2.48 bits per heavy atom. The average Bonchev–Trinajstić information content (AvgIpc) is 3.38. The second kappa shape index (κ2) is 8.09. The summed E-state index contributed by atoms with van der Waals surface area (Å²) in [5, 5.41) is 7.79. The van der Waals surface area contributed by atoms with Crippen LogP contribution in [0.1, 0.15) is 39.3 Å². The highest BCUT2D eigenvalue weighted by Gasteiger charge is 2.20. The van der Waals surface area contributed by atoms with E-state index >= 15 is 0 Å². The maximum absolute atomic E-state index is 12.7. The summed E-state index contributed by atoms with van der Waals surface area (Å²) >= 11 is 6.05. The van der Waals surface area contributed by atoms with Gasteiger partial charge in [0.2, 0.25) is 0 Å². The van der Waals surface area contributed by atoms with Gasteiger partial charge in [0.15, 0.2) is 0 Å². The van der Waals surface area contributed by atoms with Gasteiger partial charge in [-0.2, -0.15) is 5.10 Å². The molecule has 0 saturated carbocycles. The maximum Gasteiger partial charge on any atom is 0.259 e. The average molecular weight is 409 g/mol. The number of nitrogens with one attached hydrogen (secondary N) is 1. The molecule has 1 saturated heterocycles. The van der Waals surface area contributed by atoms with Gasteiger partial charge in [-0.05, 0) is 62.2 Å². The van der Waals surface area contributed by atoms with Crippen LogP contribution >= 0.6 is 11.6 Å². The van der Waals surface area contributed by atoms with E-state index < -0.39 is 0 Å². The smallest absolute Gasteiger partial charge is 0.259 e. The van der Waals surface area contributed by atoms with Gasteiger partial charge in [0.05, 0.1) is 23.1 Å². The van der Waals surface area contributed by atoms with Gasteiger partial charge in [-0.3, -0.25) is 9.59 Å². The monoisotopic (exact) mass is 408 g/mol. The summed E-state index contributed by atoms with van der Waals surface area (Å²) in [6, 6.07) is 14.3. The van der Waals surface area contributed by atoms with E-state index in [-0.39, 0.29) is 11.8 Å². The summed E-state index contributed by atoms with van der Waals surface area (Å²) < 4.78 is 1.68. The Kier molecular flexibility index (Phi) is 5.36. The molecule has 7 heteroatoms. The highest BCUT2D eigenvalue weighted by Crippen LogP contribution is 2.20. The number of rotatable bonds is 4. The number of hydrogen-bond acceptors (Lipinski definition) is 3. The zero-order chi connectivity index (χ0) is 20.4. The van der Waals surface area contributed by atoms with Gasteiger partial charge in [0.1, 0.15) is 0 Å². The Morgan fingerprint density at radius 1 is 1.07 bits per heavy atom. The minimum absolute atomic E-state index is 0.0408. The van der Waals surface area contributed by atoms with Gasteiger partial charge in [0.25, 0.3) is 11.8 Å². The molecule has 0 atom stereocenters. The standard InChI is InChI=1S/C22H21ClN4O2/c1-15-20(14-24-27(15)19-6-4-5-17(23)13-19)21(28)25-18-9-7-16(8-10-18)22(29)26-11-2-3-12-26/h4-10,13-14H,2-3,11-12H2,1H3,(H,25,28). The molecule has 2 aromatic carbocycles. The molecule has 6 nitrogen and oxygen atoms in total. The number of carbonyl (C=O) groups excluding carboxylic acids is 2. The lowest BCUT2D eigenvalue weighted by Crippen LogP contribution is -2.27. The first-order chi connectivity index (χ1) is 14.0. The Morgan fingerprint density at radius 2 is 1.79 bits per heavy atom. The normalized spacial score (nSPS) is 13.5. The van der Waals surface area contributed by atoms with Crippen LogP contribution in [0.3, 0.4) is 0 Å². The second-order valence-corrected chi connectivity index (χ2v) is 7.50. The first kappa shape index (κ1) is 19.2. The van der Waals surface area contributed by atoms with Gasteiger partial charge in [-0.25, -0.2) is 4.68 Å². The fourth-order valence-electron chi connectivity index (χ4n) is 3.50. The van der Waals surface area contributed by atoms with E-state index in [0.717, 1.165) is 31.6 Å². The first-order valence-corrected chi connectivity index (χ1v) is 9.92. The van der Waals surface area contributed by atoms with Gasteiger partial charge >= 0.3 is 0 Å². The molecule has 0 aliphatic carbocycles. The summed E-state index contributed by atoms with van der Waals surface area (Å²) in [7, 11) is 0.